The fourth-order valence-electron chi connectivity index (χ4n) is 4.23. The molecule has 0 saturated heterocycles. The van der Waals surface area contributed by atoms with Gasteiger partial charge in [-0.25, -0.2) is 8.42 Å². The van der Waals surface area contributed by atoms with Gasteiger partial charge in [0, 0.05) is 40.7 Å². The molecule has 0 aliphatic heterocycles. The van der Waals surface area contributed by atoms with Crippen LogP contribution >= 0.6 is 23.2 Å². The minimum atomic E-state index is -3.91. The van der Waals surface area contributed by atoms with Crippen molar-refractivity contribution in [2.45, 2.75) is 45.3 Å². The first-order valence-corrected chi connectivity index (χ1v) is 15.7. The van der Waals surface area contributed by atoms with Gasteiger partial charge in [0.15, 0.2) is 0 Å². The van der Waals surface area contributed by atoms with Crippen LogP contribution in [0.2, 0.25) is 10.0 Å². The van der Waals surface area contributed by atoms with Crippen molar-refractivity contribution in [1.82, 2.24) is 10.2 Å². The molecule has 0 saturated carbocycles. The lowest BCUT2D eigenvalue weighted by atomic mass is 10.0. The van der Waals surface area contributed by atoms with Crippen molar-refractivity contribution in [3.63, 3.8) is 0 Å². The van der Waals surface area contributed by atoms with Gasteiger partial charge in [-0.15, -0.1) is 0 Å². The summed E-state index contributed by atoms with van der Waals surface area (Å²) in [5.74, 6) is -0.542. The Morgan fingerprint density at radius 3 is 2.20 bits per heavy atom. The minimum Gasteiger partial charge on any atom is -0.497 e. The van der Waals surface area contributed by atoms with Crippen LogP contribution in [0.4, 0.5) is 5.69 Å². The average Bonchev–Trinajstić information content (AvgIpc) is 2.94. The van der Waals surface area contributed by atoms with Gasteiger partial charge in [0.2, 0.25) is 21.8 Å². The van der Waals surface area contributed by atoms with Gasteiger partial charge in [0.05, 0.1) is 19.1 Å². The van der Waals surface area contributed by atoms with E-state index in [0.29, 0.717) is 27.8 Å². The maximum Gasteiger partial charge on any atom is 0.244 e. The van der Waals surface area contributed by atoms with E-state index in [2.05, 4.69) is 5.32 Å². The van der Waals surface area contributed by atoms with Gasteiger partial charge < -0.3 is 15.0 Å². The standard InChI is InChI=1S/C30H35Cl2N3O5S/c1-5-21(2)33-30(37)28(17-22-11-7-6-8-12-22)34(19-25-26(31)15-10-16-27(25)32)29(36)20-35(41(4,38)39)23-13-9-14-24(18-23)40-3/h6-16,18,21,28H,5,17,19-20H2,1-4H3,(H,33,37)/t21-,28+/m0/s1. The number of ether oxygens (including phenoxy) is 1. The summed E-state index contributed by atoms with van der Waals surface area (Å²) in [5.41, 5.74) is 1.53. The predicted octanol–water partition coefficient (Wildman–Crippen LogP) is 5.32. The molecule has 1 N–H and O–H groups in total. The Labute approximate surface area is 252 Å². The van der Waals surface area contributed by atoms with Gasteiger partial charge in [-0.2, -0.15) is 0 Å². The summed E-state index contributed by atoms with van der Waals surface area (Å²) in [4.78, 5) is 29.3. The Hall–Kier alpha value is -3.27. The molecule has 41 heavy (non-hydrogen) atoms. The molecule has 2 amide bonds. The fourth-order valence-corrected chi connectivity index (χ4v) is 5.59. The number of hydrogen-bond acceptors (Lipinski definition) is 5. The molecule has 0 aliphatic rings. The summed E-state index contributed by atoms with van der Waals surface area (Å²) in [5, 5.41) is 3.63. The second-order valence-electron chi connectivity index (χ2n) is 9.72. The van der Waals surface area contributed by atoms with Crippen LogP contribution < -0.4 is 14.4 Å². The van der Waals surface area contributed by atoms with Gasteiger partial charge in [-0.3, -0.25) is 13.9 Å². The number of benzene rings is 3. The molecular weight excluding hydrogens is 585 g/mol. The Morgan fingerprint density at radius 1 is 0.976 bits per heavy atom. The quantitative estimate of drug-likeness (QED) is 0.279. The Morgan fingerprint density at radius 2 is 1.61 bits per heavy atom. The fraction of sp³-hybridized carbons (Fsp3) is 0.333. The first-order chi connectivity index (χ1) is 19.4. The van der Waals surface area contributed by atoms with E-state index in [9.17, 15) is 18.0 Å². The zero-order valence-corrected chi connectivity index (χ0v) is 25.8. The van der Waals surface area contributed by atoms with Crippen molar-refractivity contribution in [3.8, 4) is 5.75 Å². The summed E-state index contributed by atoms with van der Waals surface area (Å²) in [6, 6.07) is 19.6. The molecule has 0 heterocycles. The SMILES string of the molecule is CC[C@H](C)NC(=O)[C@@H](Cc1ccccc1)N(Cc1c(Cl)cccc1Cl)C(=O)CN(c1cccc(OC)c1)S(C)(=O)=O. The Kier molecular flexibility index (Phi) is 11.5. The van der Waals surface area contributed by atoms with E-state index in [-0.39, 0.29) is 30.6 Å². The van der Waals surface area contributed by atoms with Crippen LogP contribution in [0.15, 0.2) is 72.8 Å². The number of hydrogen-bond donors (Lipinski definition) is 1. The highest BCUT2D eigenvalue weighted by atomic mass is 35.5. The first kappa shape index (κ1) is 32.2. The average molecular weight is 621 g/mol. The van der Waals surface area contributed by atoms with Gasteiger partial charge >= 0.3 is 0 Å². The molecule has 3 rings (SSSR count). The first-order valence-electron chi connectivity index (χ1n) is 13.1. The minimum absolute atomic E-state index is 0.113. The smallest absolute Gasteiger partial charge is 0.244 e. The van der Waals surface area contributed by atoms with Crippen molar-refractivity contribution in [1.29, 1.82) is 0 Å². The van der Waals surface area contributed by atoms with Gasteiger partial charge in [0.25, 0.3) is 0 Å². The van der Waals surface area contributed by atoms with Crippen LogP contribution in [0.3, 0.4) is 0 Å². The molecule has 0 fully saturated rings. The Balaban J connectivity index is 2.11. The summed E-state index contributed by atoms with van der Waals surface area (Å²) in [6.07, 6.45) is 1.90. The molecule has 0 unspecified atom stereocenters. The Bertz CT molecular complexity index is 1430. The molecule has 3 aromatic carbocycles. The highest BCUT2D eigenvalue weighted by Gasteiger charge is 2.34. The number of methoxy groups -OCH3 is 1. The van der Waals surface area contributed by atoms with E-state index in [4.69, 9.17) is 27.9 Å². The molecule has 2 atom stereocenters. The van der Waals surface area contributed by atoms with E-state index >= 15 is 0 Å². The number of carbonyl (C=O) groups excluding carboxylic acids is 2. The zero-order valence-electron chi connectivity index (χ0n) is 23.5. The second kappa shape index (κ2) is 14.6. The number of rotatable bonds is 13. The monoisotopic (exact) mass is 619 g/mol. The number of nitrogens with zero attached hydrogens (tertiary/aromatic N) is 2. The number of sulfonamides is 1. The summed E-state index contributed by atoms with van der Waals surface area (Å²) >= 11 is 13.0. The normalized spacial score (nSPS) is 12.7. The maximum absolute atomic E-state index is 14.2. The summed E-state index contributed by atoms with van der Waals surface area (Å²) in [6.45, 7) is 3.15. The number of halogens is 2. The molecule has 0 spiro atoms. The largest absolute Gasteiger partial charge is 0.497 e. The van der Waals surface area contributed by atoms with Crippen molar-refractivity contribution in [3.05, 3.63) is 94.0 Å². The maximum atomic E-state index is 14.2. The topological polar surface area (TPSA) is 96.0 Å². The van der Waals surface area contributed by atoms with Gasteiger partial charge in [0.1, 0.15) is 18.3 Å². The van der Waals surface area contributed by atoms with Crippen molar-refractivity contribution in [2.75, 3.05) is 24.2 Å². The van der Waals surface area contributed by atoms with E-state index < -0.39 is 28.5 Å². The second-order valence-corrected chi connectivity index (χ2v) is 12.4. The third kappa shape index (κ3) is 8.86. The summed E-state index contributed by atoms with van der Waals surface area (Å²) < 4.78 is 32.1. The molecule has 220 valence electrons. The van der Waals surface area contributed by atoms with Crippen LogP contribution in [0.25, 0.3) is 0 Å². The molecular formula is C30H35Cl2N3O5S. The van der Waals surface area contributed by atoms with E-state index in [0.717, 1.165) is 16.1 Å². The third-order valence-electron chi connectivity index (χ3n) is 6.68. The lowest BCUT2D eigenvalue weighted by molar-refractivity contribution is -0.140. The molecule has 11 heteroatoms. The highest BCUT2D eigenvalue weighted by molar-refractivity contribution is 7.92. The van der Waals surface area contributed by atoms with Gasteiger partial charge in [-0.05, 0) is 43.2 Å². The molecule has 3 aromatic rings. The lowest BCUT2D eigenvalue weighted by Crippen LogP contribution is -2.54. The molecule has 0 aromatic heterocycles. The van der Waals surface area contributed by atoms with Crippen LogP contribution in [-0.2, 0) is 32.6 Å². The van der Waals surface area contributed by atoms with Crippen molar-refractivity contribution < 1.29 is 22.7 Å². The number of nitrogens with one attached hydrogen (secondary N) is 1. The third-order valence-corrected chi connectivity index (χ3v) is 8.53. The molecule has 8 nitrogen and oxygen atoms in total. The molecule has 0 bridgehead atoms. The van der Waals surface area contributed by atoms with Crippen molar-refractivity contribution in [2.24, 2.45) is 0 Å². The van der Waals surface area contributed by atoms with E-state index in [1.165, 1.54) is 18.1 Å². The zero-order chi connectivity index (χ0) is 30.2. The number of anilines is 1. The lowest BCUT2D eigenvalue weighted by Gasteiger charge is -2.34. The molecule has 0 radical (unpaired) electrons. The predicted molar refractivity (Wildman–Crippen MR) is 164 cm³/mol. The van der Waals surface area contributed by atoms with Crippen LogP contribution in [-0.4, -0.2) is 57.1 Å². The van der Waals surface area contributed by atoms with Crippen LogP contribution in [0.1, 0.15) is 31.4 Å². The van der Waals surface area contributed by atoms with Crippen LogP contribution in [0.5, 0.6) is 5.75 Å². The summed E-state index contributed by atoms with van der Waals surface area (Å²) in [7, 11) is -2.44. The van der Waals surface area contributed by atoms with E-state index in [1.807, 2.05) is 44.2 Å². The highest BCUT2D eigenvalue weighted by Crippen LogP contribution is 2.28. The number of amides is 2. The van der Waals surface area contributed by atoms with Crippen molar-refractivity contribution >= 4 is 50.7 Å². The number of carbonyl (C=O) groups is 2. The van der Waals surface area contributed by atoms with E-state index in [1.54, 1.807) is 36.4 Å². The molecule has 0 aliphatic carbocycles. The van der Waals surface area contributed by atoms with Crippen LogP contribution in [0, 0.1) is 0 Å². The van der Waals surface area contributed by atoms with Gasteiger partial charge in [-0.1, -0.05) is 72.6 Å².